The van der Waals surface area contributed by atoms with Crippen molar-refractivity contribution in [2.24, 2.45) is 0 Å². The Hall–Kier alpha value is -1.55. The van der Waals surface area contributed by atoms with Crippen molar-refractivity contribution in [3.8, 4) is 0 Å². The average molecular weight is 240 g/mol. The molecule has 16 heavy (non-hydrogen) atoms. The van der Waals surface area contributed by atoms with E-state index in [0.29, 0.717) is 6.42 Å². The molecule has 0 fully saturated rings. The van der Waals surface area contributed by atoms with Crippen LogP contribution in [0.25, 0.3) is 0 Å². The van der Waals surface area contributed by atoms with Gasteiger partial charge in [-0.2, -0.15) is 0 Å². The zero-order valence-electron chi connectivity index (χ0n) is 8.39. The van der Waals surface area contributed by atoms with Gasteiger partial charge in [-0.1, -0.05) is 24.3 Å². The van der Waals surface area contributed by atoms with Gasteiger partial charge in [-0.25, -0.2) is 4.79 Å². The summed E-state index contributed by atoms with van der Waals surface area (Å²) in [4.78, 5) is 23.4. The van der Waals surface area contributed by atoms with Gasteiger partial charge in [0.2, 0.25) is 0 Å². The molecule has 0 saturated carbocycles. The Morgan fingerprint density at radius 2 is 1.94 bits per heavy atom. The van der Waals surface area contributed by atoms with E-state index < -0.39 is 17.4 Å². The van der Waals surface area contributed by atoms with Gasteiger partial charge in [-0.15, -0.1) is 0 Å². The van der Waals surface area contributed by atoms with Crippen LogP contribution in [0.4, 0.5) is 4.79 Å². The van der Waals surface area contributed by atoms with Crippen LogP contribution in [0.3, 0.4) is 0 Å². The number of amides is 1. The third-order valence-electron chi connectivity index (χ3n) is 2.76. The van der Waals surface area contributed by atoms with Crippen molar-refractivity contribution < 1.29 is 14.7 Å². The molecule has 2 rings (SSSR count). The Labute approximate surface area is 97.4 Å². The van der Waals surface area contributed by atoms with Crippen molar-refractivity contribution in [1.82, 2.24) is 4.90 Å². The lowest BCUT2D eigenvalue weighted by atomic mass is 9.94. The second kappa shape index (κ2) is 4.14. The maximum absolute atomic E-state index is 11.2. The van der Waals surface area contributed by atoms with Crippen LogP contribution in [-0.4, -0.2) is 27.4 Å². The van der Waals surface area contributed by atoms with Crippen LogP contribution in [0.5, 0.6) is 0 Å². The molecule has 0 radical (unpaired) electrons. The van der Waals surface area contributed by atoms with Gasteiger partial charge in [0.15, 0.2) is 0 Å². The highest BCUT2D eigenvalue weighted by Gasteiger charge is 2.33. The van der Waals surface area contributed by atoms with E-state index in [-0.39, 0.29) is 6.54 Å². The number of benzene rings is 1. The van der Waals surface area contributed by atoms with Crippen LogP contribution in [0, 0.1) is 0 Å². The molecule has 0 aromatic heterocycles. The highest BCUT2D eigenvalue weighted by molar-refractivity contribution is 6.63. The SMILES string of the molecule is O=C(O)C1Cc2ccccc2CN1C(=O)Cl. The lowest BCUT2D eigenvalue weighted by Gasteiger charge is -2.32. The number of rotatable bonds is 1. The first-order valence-electron chi connectivity index (χ1n) is 4.85. The van der Waals surface area contributed by atoms with Crippen LogP contribution in [0.15, 0.2) is 24.3 Å². The zero-order chi connectivity index (χ0) is 11.7. The average Bonchev–Trinajstić information content (AvgIpc) is 2.27. The lowest BCUT2D eigenvalue weighted by Crippen LogP contribution is -2.46. The molecule has 1 aliphatic heterocycles. The van der Waals surface area contributed by atoms with Gasteiger partial charge in [0, 0.05) is 13.0 Å². The number of fused-ring (bicyclic) bond motifs is 1. The molecule has 0 spiro atoms. The summed E-state index contributed by atoms with van der Waals surface area (Å²) in [7, 11) is 0. The summed E-state index contributed by atoms with van der Waals surface area (Å²) in [6.07, 6.45) is 0.309. The molecule has 0 bridgehead atoms. The third kappa shape index (κ3) is 1.88. The van der Waals surface area contributed by atoms with E-state index in [4.69, 9.17) is 16.7 Å². The first kappa shape index (κ1) is 11.0. The normalized spacial score (nSPS) is 19.1. The van der Waals surface area contributed by atoms with Gasteiger partial charge in [-0.05, 0) is 22.7 Å². The summed E-state index contributed by atoms with van der Waals surface area (Å²) in [6.45, 7) is 0.259. The number of nitrogens with zero attached hydrogens (tertiary/aromatic N) is 1. The monoisotopic (exact) mass is 239 g/mol. The van der Waals surface area contributed by atoms with E-state index in [2.05, 4.69) is 0 Å². The molecule has 1 amide bonds. The predicted molar refractivity (Wildman–Crippen MR) is 58.4 cm³/mol. The van der Waals surface area contributed by atoms with E-state index >= 15 is 0 Å². The molecule has 1 N–H and O–H groups in total. The summed E-state index contributed by atoms with van der Waals surface area (Å²) in [5.41, 5.74) is 1.91. The van der Waals surface area contributed by atoms with Gasteiger partial charge in [0.25, 0.3) is 0 Å². The van der Waals surface area contributed by atoms with Gasteiger partial charge in [0.05, 0.1) is 0 Å². The van der Waals surface area contributed by atoms with E-state index in [1.807, 2.05) is 24.3 Å². The molecule has 1 heterocycles. The molecule has 5 heteroatoms. The molecular weight excluding hydrogens is 230 g/mol. The Morgan fingerprint density at radius 1 is 1.31 bits per heavy atom. The molecule has 0 aliphatic carbocycles. The second-order valence-electron chi connectivity index (χ2n) is 3.71. The smallest absolute Gasteiger partial charge is 0.326 e. The van der Waals surface area contributed by atoms with Crippen molar-refractivity contribution in [1.29, 1.82) is 0 Å². The minimum atomic E-state index is -1.02. The van der Waals surface area contributed by atoms with Crippen molar-refractivity contribution in [2.45, 2.75) is 19.0 Å². The molecular formula is C11H10ClNO3. The topological polar surface area (TPSA) is 57.6 Å². The first-order chi connectivity index (χ1) is 7.59. The van der Waals surface area contributed by atoms with E-state index in [1.54, 1.807) is 0 Å². The summed E-state index contributed by atoms with van der Waals surface area (Å²) in [5.74, 6) is -1.02. The van der Waals surface area contributed by atoms with Crippen LogP contribution in [0.1, 0.15) is 11.1 Å². The number of hydrogen-bond donors (Lipinski definition) is 1. The number of halogens is 1. The number of hydrogen-bond acceptors (Lipinski definition) is 2. The van der Waals surface area contributed by atoms with E-state index in [9.17, 15) is 9.59 Å². The van der Waals surface area contributed by atoms with Crippen molar-refractivity contribution in [2.75, 3.05) is 0 Å². The summed E-state index contributed by atoms with van der Waals surface area (Å²) in [6, 6.07) is 6.61. The fourth-order valence-corrected chi connectivity index (χ4v) is 2.11. The van der Waals surface area contributed by atoms with Gasteiger partial charge in [0.1, 0.15) is 6.04 Å². The minimum Gasteiger partial charge on any atom is -0.480 e. The molecule has 1 unspecified atom stereocenters. The molecule has 0 saturated heterocycles. The molecule has 1 aromatic rings. The van der Waals surface area contributed by atoms with Crippen LogP contribution >= 0.6 is 11.6 Å². The van der Waals surface area contributed by atoms with E-state index in [1.165, 1.54) is 4.90 Å². The number of carbonyl (C=O) groups is 2. The fraction of sp³-hybridized carbons (Fsp3) is 0.273. The van der Waals surface area contributed by atoms with Gasteiger partial charge < -0.3 is 10.0 Å². The summed E-state index contributed by atoms with van der Waals surface area (Å²) >= 11 is 5.39. The van der Waals surface area contributed by atoms with Crippen molar-refractivity contribution in [3.63, 3.8) is 0 Å². The lowest BCUT2D eigenvalue weighted by molar-refractivity contribution is -0.142. The Balaban J connectivity index is 2.37. The standard InChI is InChI=1S/C11H10ClNO3/c12-11(16)13-6-8-4-2-1-3-7(8)5-9(13)10(14)15/h1-4,9H,5-6H2,(H,14,15). The molecule has 1 aromatic carbocycles. The number of carbonyl (C=O) groups excluding carboxylic acids is 1. The molecule has 1 atom stereocenters. The van der Waals surface area contributed by atoms with Gasteiger partial charge >= 0.3 is 11.3 Å². The first-order valence-corrected chi connectivity index (χ1v) is 5.23. The van der Waals surface area contributed by atoms with Crippen LogP contribution in [0.2, 0.25) is 0 Å². The number of carboxylic acids is 1. The highest BCUT2D eigenvalue weighted by atomic mass is 35.5. The predicted octanol–water partition coefficient (Wildman–Crippen LogP) is 1.86. The van der Waals surface area contributed by atoms with Gasteiger partial charge in [-0.3, -0.25) is 4.79 Å². The van der Waals surface area contributed by atoms with E-state index in [0.717, 1.165) is 11.1 Å². The number of carboxylic acid groups (broad SMARTS) is 1. The quantitative estimate of drug-likeness (QED) is 0.601. The molecule has 1 aliphatic rings. The highest BCUT2D eigenvalue weighted by Crippen LogP contribution is 2.24. The summed E-state index contributed by atoms with van der Waals surface area (Å²) < 4.78 is 0. The Bertz CT molecular complexity index is 406. The third-order valence-corrected chi connectivity index (χ3v) is 2.98. The summed E-state index contributed by atoms with van der Waals surface area (Å²) in [5, 5.41) is 8.31. The van der Waals surface area contributed by atoms with Crippen LogP contribution in [-0.2, 0) is 17.8 Å². The fourth-order valence-electron chi connectivity index (χ4n) is 1.93. The van der Waals surface area contributed by atoms with Crippen molar-refractivity contribution in [3.05, 3.63) is 35.4 Å². The zero-order valence-corrected chi connectivity index (χ0v) is 9.15. The van der Waals surface area contributed by atoms with Crippen LogP contribution < -0.4 is 0 Å². The maximum Gasteiger partial charge on any atom is 0.326 e. The Morgan fingerprint density at radius 3 is 2.50 bits per heavy atom. The number of aliphatic carboxylic acids is 1. The molecule has 4 nitrogen and oxygen atoms in total. The van der Waals surface area contributed by atoms with Crippen molar-refractivity contribution >= 4 is 22.9 Å². The minimum absolute atomic E-state index is 0.259. The Kier molecular flexibility index (Phi) is 2.83. The second-order valence-corrected chi connectivity index (χ2v) is 4.03. The molecule has 84 valence electrons. The maximum atomic E-state index is 11.2. The largest absolute Gasteiger partial charge is 0.480 e.